The van der Waals surface area contributed by atoms with E-state index in [4.69, 9.17) is 0 Å². The molecule has 2 atom stereocenters. The Hall–Kier alpha value is -3.50. The van der Waals surface area contributed by atoms with Crippen molar-refractivity contribution in [3.05, 3.63) is 70.9 Å². The molecule has 0 bridgehead atoms. The summed E-state index contributed by atoms with van der Waals surface area (Å²) in [6, 6.07) is 13.5. The Kier molecular flexibility index (Phi) is 6.76. The number of aromatic nitrogens is 4. The zero-order chi connectivity index (χ0) is 27.0. The molecule has 2 aliphatic heterocycles. The molecular weight excluding hydrogens is 494 g/mol. The van der Waals surface area contributed by atoms with Crippen molar-refractivity contribution in [3.63, 3.8) is 0 Å². The molecule has 2 amide bonds. The highest BCUT2D eigenvalue weighted by Gasteiger charge is 2.56. The van der Waals surface area contributed by atoms with Gasteiger partial charge in [0.25, 0.3) is 5.56 Å². The molecule has 4 heterocycles. The minimum Gasteiger partial charge on any atom is -0.387 e. The minimum absolute atomic E-state index is 0.0182. The fourth-order valence-corrected chi connectivity index (χ4v) is 6.94. The van der Waals surface area contributed by atoms with Gasteiger partial charge in [-0.2, -0.15) is 5.10 Å². The fourth-order valence-electron chi connectivity index (χ4n) is 6.94. The smallest absolute Gasteiger partial charge is 0.320 e. The van der Waals surface area contributed by atoms with Crippen LogP contribution in [0, 0.1) is 5.41 Å². The van der Waals surface area contributed by atoms with Crippen LogP contribution in [0.15, 0.2) is 59.8 Å². The number of hydrogen-bond acceptors (Lipinski definition) is 6. The van der Waals surface area contributed by atoms with Crippen molar-refractivity contribution < 1.29 is 9.90 Å². The van der Waals surface area contributed by atoms with E-state index in [1.165, 1.54) is 17.0 Å². The predicted molar refractivity (Wildman–Crippen MR) is 147 cm³/mol. The lowest BCUT2D eigenvalue weighted by molar-refractivity contribution is -0.137. The van der Waals surface area contributed by atoms with E-state index < -0.39 is 11.0 Å². The number of carbonyl (C=O) groups excluding carboxylic acids is 1. The lowest BCUT2D eigenvalue weighted by atomic mass is 9.66. The van der Waals surface area contributed by atoms with Crippen LogP contribution in [0.5, 0.6) is 0 Å². The van der Waals surface area contributed by atoms with E-state index in [9.17, 15) is 14.7 Å². The van der Waals surface area contributed by atoms with E-state index in [0.29, 0.717) is 31.7 Å². The van der Waals surface area contributed by atoms with Gasteiger partial charge in [-0.3, -0.25) is 14.0 Å². The lowest BCUT2D eigenvalue weighted by Gasteiger charge is -2.53. The molecule has 0 radical (unpaired) electrons. The highest BCUT2D eigenvalue weighted by atomic mass is 16.3. The number of nitrogens with zero attached hydrogens (tertiary/aromatic N) is 6. The van der Waals surface area contributed by atoms with Gasteiger partial charge in [0.2, 0.25) is 0 Å². The summed E-state index contributed by atoms with van der Waals surface area (Å²) >= 11 is 0. The van der Waals surface area contributed by atoms with Crippen LogP contribution in [0.25, 0.3) is 11.4 Å². The first-order valence-electron chi connectivity index (χ1n) is 14.0. The molecular formula is C29H37N7O3. The van der Waals surface area contributed by atoms with Crippen molar-refractivity contribution in [3.8, 4) is 11.4 Å². The van der Waals surface area contributed by atoms with Crippen LogP contribution in [0.3, 0.4) is 0 Å². The molecule has 3 aliphatic rings. The summed E-state index contributed by atoms with van der Waals surface area (Å²) < 4.78 is 3.21. The van der Waals surface area contributed by atoms with Gasteiger partial charge >= 0.3 is 6.03 Å². The highest BCUT2D eigenvalue weighted by molar-refractivity contribution is 5.75. The second kappa shape index (κ2) is 10.2. The number of piperazine rings is 1. The zero-order valence-corrected chi connectivity index (χ0v) is 22.5. The average Bonchev–Trinajstić information content (AvgIpc) is 3.61. The topological polar surface area (TPSA) is 109 Å². The molecule has 10 heteroatoms. The van der Waals surface area contributed by atoms with E-state index >= 15 is 0 Å². The summed E-state index contributed by atoms with van der Waals surface area (Å²) in [6.07, 6.45) is 7.34. The third kappa shape index (κ3) is 4.65. The summed E-state index contributed by atoms with van der Waals surface area (Å²) in [4.78, 5) is 35.5. The van der Waals surface area contributed by atoms with E-state index in [2.05, 4.69) is 27.5 Å². The molecule has 1 saturated carbocycles. The van der Waals surface area contributed by atoms with Gasteiger partial charge in [0.05, 0.1) is 35.9 Å². The van der Waals surface area contributed by atoms with Gasteiger partial charge in [0.15, 0.2) is 0 Å². The molecule has 2 aromatic heterocycles. The summed E-state index contributed by atoms with van der Waals surface area (Å²) in [5, 5.41) is 19.8. The third-order valence-electron chi connectivity index (χ3n) is 9.18. The molecule has 206 valence electrons. The highest BCUT2D eigenvalue weighted by Crippen LogP contribution is 2.51. The number of hydrogen-bond donors (Lipinski definition) is 2. The molecule has 2 N–H and O–H groups in total. The molecule has 3 fully saturated rings. The van der Waals surface area contributed by atoms with Gasteiger partial charge in [-0.05, 0) is 30.9 Å². The maximum absolute atomic E-state index is 13.9. The largest absolute Gasteiger partial charge is 0.387 e. The number of piperidine rings is 1. The van der Waals surface area contributed by atoms with Crippen LogP contribution in [-0.4, -0.2) is 78.6 Å². The van der Waals surface area contributed by atoms with Crippen molar-refractivity contribution in [2.24, 2.45) is 12.5 Å². The van der Waals surface area contributed by atoms with Crippen molar-refractivity contribution in [2.75, 3.05) is 32.7 Å². The number of likely N-dealkylation sites (tertiary alicyclic amines) is 1. The normalized spacial score (nSPS) is 24.8. The minimum atomic E-state index is -1.10. The Morgan fingerprint density at radius 2 is 1.92 bits per heavy atom. The summed E-state index contributed by atoms with van der Waals surface area (Å²) in [5.74, 6) is 0. The molecule has 6 rings (SSSR count). The number of aryl methyl sites for hydroxylation is 1. The maximum Gasteiger partial charge on any atom is 0.320 e. The molecule has 39 heavy (non-hydrogen) atoms. The second-order valence-corrected chi connectivity index (χ2v) is 11.4. The van der Waals surface area contributed by atoms with Crippen LogP contribution in [-0.2, 0) is 13.6 Å². The lowest BCUT2D eigenvalue weighted by Crippen LogP contribution is -2.64. The number of nitrogens with one attached hydrogen (secondary N) is 1. The number of benzene rings is 1. The van der Waals surface area contributed by atoms with E-state index in [1.54, 1.807) is 10.9 Å². The van der Waals surface area contributed by atoms with Gasteiger partial charge < -0.3 is 20.2 Å². The van der Waals surface area contributed by atoms with Crippen LogP contribution in [0.2, 0.25) is 0 Å². The monoisotopic (exact) mass is 531 g/mol. The molecule has 0 unspecified atom stereocenters. The first-order chi connectivity index (χ1) is 18.9. The summed E-state index contributed by atoms with van der Waals surface area (Å²) in [7, 11) is 1.81. The zero-order valence-electron chi connectivity index (χ0n) is 22.5. The first kappa shape index (κ1) is 25.8. The standard InChI is InChI=1S/C29H37N7O3/c1-33-24(9-13-32-33)23-17-26(37)35(21-31-23)20-29(39)12-15-34(19-28(29)10-5-6-11-28)27(38)36-16-14-30-18-25(36)22-7-3-2-4-8-22/h2-4,7-9,13,17,21,25,30,39H,5-6,10-12,14-16,18-20H2,1H3/t25-,29+/m0/s1. The Bertz CT molecular complexity index is 1380. The maximum atomic E-state index is 13.9. The van der Waals surface area contributed by atoms with Gasteiger partial charge in [0.1, 0.15) is 0 Å². The molecule has 1 spiro atoms. The van der Waals surface area contributed by atoms with Gasteiger partial charge in [-0.25, -0.2) is 9.78 Å². The van der Waals surface area contributed by atoms with Crippen molar-refractivity contribution >= 4 is 6.03 Å². The van der Waals surface area contributed by atoms with E-state index in [1.807, 2.05) is 41.1 Å². The molecule has 1 aliphatic carbocycles. The average molecular weight is 532 g/mol. The van der Waals surface area contributed by atoms with Crippen LogP contribution < -0.4 is 10.9 Å². The Morgan fingerprint density at radius 3 is 2.64 bits per heavy atom. The fraction of sp³-hybridized carbons (Fsp3) is 0.517. The van der Waals surface area contributed by atoms with Gasteiger partial charge in [-0.1, -0.05) is 43.2 Å². The quantitative estimate of drug-likeness (QED) is 0.535. The number of carbonyl (C=O) groups is 1. The predicted octanol–water partition coefficient (Wildman–Crippen LogP) is 2.41. The molecule has 2 saturated heterocycles. The third-order valence-corrected chi connectivity index (χ3v) is 9.18. The van der Waals surface area contributed by atoms with E-state index in [-0.39, 0.29) is 24.2 Å². The van der Waals surface area contributed by atoms with Crippen molar-refractivity contribution in [1.82, 2.24) is 34.4 Å². The van der Waals surface area contributed by atoms with Crippen LogP contribution in [0.1, 0.15) is 43.7 Å². The van der Waals surface area contributed by atoms with E-state index in [0.717, 1.165) is 50.0 Å². The van der Waals surface area contributed by atoms with Crippen molar-refractivity contribution in [1.29, 1.82) is 0 Å². The van der Waals surface area contributed by atoms with Crippen LogP contribution >= 0.6 is 0 Å². The van der Waals surface area contributed by atoms with Crippen LogP contribution in [0.4, 0.5) is 4.79 Å². The molecule has 3 aromatic rings. The molecule has 1 aromatic carbocycles. The number of urea groups is 1. The summed E-state index contributed by atoms with van der Waals surface area (Å²) in [6.45, 7) is 3.27. The first-order valence-corrected chi connectivity index (χ1v) is 14.0. The SMILES string of the molecule is Cn1nccc1-c1cc(=O)n(C[C@]2(O)CCN(C(=O)N3CCNC[C@H]3c3ccccc3)CC23CCCC3)cn1. The summed E-state index contributed by atoms with van der Waals surface area (Å²) in [5.41, 5.74) is 0.706. The second-order valence-electron chi connectivity index (χ2n) is 11.4. The Balaban J connectivity index is 1.23. The van der Waals surface area contributed by atoms with Crippen molar-refractivity contribution in [2.45, 2.75) is 50.3 Å². The number of aliphatic hydroxyl groups is 1. The Labute approximate surface area is 228 Å². The number of rotatable bonds is 4. The van der Waals surface area contributed by atoms with Gasteiger partial charge in [-0.15, -0.1) is 0 Å². The van der Waals surface area contributed by atoms with Gasteiger partial charge in [0, 0.05) is 57.4 Å². The number of amides is 2. The molecule has 10 nitrogen and oxygen atoms in total. The Morgan fingerprint density at radius 1 is 1.13 bits per heavy atom.